The van der Waals surface area contributed by atoms with Crippen LogP contribution in [0.25, 0.3) is 0 Å². The summed E-state index contributed by atoms with van der Waals surface area (Å²) in [6.07, 6.45) is 2.01. The smallest absolute Gasteiger partial charge is 0.306 e. The van der Waals surface area contributed by atoms with Crippen molar-refractivity contribution in [2.75, 3.05) is 0 Å². The lowest BCUT2D eigenvalue weighted by Gasteiger charge is -2.15. The lowest BCUT2D eigenvalue weighted by atomic mass is 9.90. The van der Waals surface area contributed by atoms with Crippen molar-refractivity contribution in [3.8, 4) is 0 Å². The molecule has 2 aromatic rings. The molecule has 104 valence electrons. The maximum Gasteiger partial charge on any atom is 0.306 e. The number of oxazole rings is 1. The molecule has 0 radical (unpaired) electrons. The van der Waals surface area contributed by atoms with Gasteiger partial charge >= 0.3 is 5.97 Å². The predicted molar refractivity (Wildman–Crippen MR) is 68.9 cm³/mol. The number of carboxylic acids is 1. The number of rotatable bonds is 3. The highest BCUT2D eigenvalue weighted by molar-refractivity contribution is 5.70. The van der Waals surface area contributed by atoms with Crippen LogP contribution in [0.1, 0.15) is 29.3 Å². The second kappa shape index (κ2) is 5.07. The Kier molecular flexibility index (Phi) is 3.26. The van der Waals surface area contributed by atoms with Gasteiger partial charge in [-0.2, -0.15) is 0 Å². The molecule has 1 aromatic carbocycles. The summed E-state index contributed by atoms with van der Waals surface area (Å²) < 4.78 is 18.8. The van der Waals surface area contributed by atoms with E-state index in [1.807, 2.05) is 6.07 Å². The number of hydrogen-bond acceptors (Lipinski definition) is 3. The minimum absolute atomic E-state index is 0.287. The van der Waals surface area contributed by atoms with Gasteiger partial charge in [-0.05, 0) is 24.1 Å². The maximum atomic E-state index is 13.1. The van der Waals surface area contributed by atoms with E-state index in [1.165, 1.54) is 12.1 Å². The number of benzene rings is 1. The fraction of sp³-hybridized carbons (Fsp3) is 0.333. The van der Waals surface area contributed by atoms with Gasteiger partial charge in [-0.15, -0.1) is 0 Å². The van der Waals surface area contributed by atoms with Crippen molar-refractivity contribution in [3.63, 3.8) is 0 Å². The van der Waals surface area contributed by atoms with Gasteiger partial charge < -0.3 is 9.52 Å². The zero-order valence-electron chi connectivity index (χ0n) is 10.8. The Morgan fingerprint density at radius 1 is 1.50 bits per heavy atom. The van der Waals surface area contributed by atoms with E-state index in [9.17, 15) is 9.18 Å². The van der Waals surface area contributed by atoms with Crippen LogP contribution in [-0.2, 0) is 24.1 Å². The van der Waals surface area contributed by atoms with Crippen molar-refractivity contribution in [1.29, 1.82) is 0 Å². The third kappa shape index (κ3) is 2.57. The quantitative estimate of drug-likeness (QED) is 0.935. The Morgan fingerprint density at radius 2 is 2.35 bits per heavy atom. The molecule has 5 heteroatoms. The summed E-state index contributed by atoms with van der Waals surface area (Å²) in [6.45, 7) is 0. The number of halogens is 1. The van der Waals surface area contributed by atoms with Gasteiger partial charge in [-0.25, -0.2) is 9.37 Å². The van der Waals surface area contributed by atoms with Crippen LogP contribution in [0.3, 0.4) is 0 Å². The van der Waals surface area contributed by atoms with E-state index in [2.05, 4.69) is 4.98 Å². The van der Waals surface area contributed by atoms with Gasteiger partial charge in [-0.1, -0.05) is 12.1 Å². The summed E-state index contributed by atoms with van der Waals surface area (Å²) >= 11 is 0. The first-order valence-corrected chi connectivity index (χ1v) is 6.56. The molecule has 0 saturated heterocycles. The standard InChI is InChI=1S/C15H14FNO3/c16-11-3-1-2-9(6-11)7-14-17-12-8-10(15(18)19)4-5-13(12)20-14/h1-3,6,10H,4-5,7-8H2,(H,18,19). The first-order chi connectivity index (χ1) is 9.61. The van der Waals surface area contributed by atoms with E-state index in [1.54, 1.807) is 6.07 Å². The number of aromatic nitrogens is 1. The van der Waals surface area contributed by atoms with E-state index in [4.69, 9.17) is 9.52 Å². The van der Waals surface area contributed by atoms with Crippen LogP contribution in [0, 0.1) is 11.7 Å². The Morgan fingerprint density at radius 3 is 3.10 bits per heavy atom. The molecule has 1 N–H and O–H groups in total. The predicted octanol–water partition coefficient (Wildman–Crippen LogP) is 2.59. The fourth-order valence-electron chi connectivity index (χ4n) is 2.54. The minimum Gasteiger partial charge on any atom is -0.481 e. The lowest BCUT2D eigenvalue weighted by Crippen LogP contribution is -2.21. The minimum atomic E-state index is -0.787. The molecule has 1 heterocycles. The van der Waals surface area contributed by atoms with Gasteiger partial charge in [0, 0.05) is 19.3 Å². The average Bonchev–Trinajstić information content (AvgIpc) is 2.79. The maximum absolute atomic E-state index is 13.1. The monoisotopic (exact) mass is 275 g/mol. The lowest BCUT2D eigenvalue weighted by molar-refractivity contribution is -0.142. The van der Waals surface area contributed by atoms with Crippen molar-refractivity contribution in [1.82, 2.24) is 4.98 Å². The first-order valence-electron chi connectivity index (χ1n) is 6.56. The van der Waals surface area contributed by atoms with Crippen LogP contribution < -0.4 is 0 Å². The Hall–Kier alpha value is -2.17. The van der Waals surface area contributed by atoms with Gasteiger partial charge in [0.25, 0.3) is 0 Å². The highest BCUT2D eigenvalue weighted by Gasteiger charge is 2.28. The Bertz CT molecular complexity index is 650. The molecule has 0 bridgehead atoms. The van der Waals surface area contributed by atoms with Crippen LogP contribution in [-0.4, -0.2) is 16.1 Å². The van der Waals surface area contributed by atoms with Crippen LogP contribution in [0.15, 0.2) is 28.7 Å². The molecule has 0 spiro atoms. The zero-order valence-corrected chi connectivity index (χ0v) is 10.8. The number of nitrogens with zero attached hydrogens (tertiary/aromatic N) is 1. The zero-order chi connectivity index (χ0) is 14.1. The van der Waals surface area contributed by atoms with Crippen molar-refractivity contribution in [2.45, 2.75) is 25.7 Å². The number of carboxylic acid groups (broad SMARTS) is 1. The molecular formula is C15H14FNO3. The molecule has 1 atom stereocenters. The molecule has 4 nitrogen and oxygen atoms in total. The van der Waals surface area contributed by atoms with Crippen LogP contribution >= 0.6 is 0 Å². The van der Waals surface area contributed by atoms with Crippen LogP contribution in [0.4, 0.5) is 4.39 Å². The highest BCUT2D eigenvalue weighted by atomic mass is 19.1. The van der Waals surface area contributed by atoms with Crippen molar-refractivity contribution in [3.05, 3.63) is 53.0 Å². The molecule has 0 aliphatic heterocycles. The van der Waals surface area contributed by atoms with Gasteiger partial charge in [-0.3, -0.25) is 4.79 Å². The SMILES string of the molecule is O=C(O)C1CCc2oc(Cc3cccc(F)c3)nc2C1. The highest BCUT2D eigenvalue weighted by Crippen LogP contribution is 2.27. The van der Waals surface area contributed by atoms with Crippen molar-refractivity contribution < 1.29 is 18.7 Å². The second-order valence-corrected chi connectivity index (χ2v) is 5.06. The molecule has 0 saturated carbocycles. The number of aryl methyl sites for hydroxylation is 1. The van der Waals surface area contributed by atoms with E-state index in [0.29, 0.717) is 31.6 Å². The Labute approximate surface area is 115 Å². The number of aliphatic carboxylic acids is 1. The third-order valence-corrected chi connectivity index (χ3v) is 3.58. The van der Waals surface area contributed by atoms with Gasteiger partial charge in [0.15, 0.2) is 5.89 Å². The molecule has 20 heavy (non-hydrogen) atoms. The fourth-order valence-corrected chi connectivity index (χ4v) is 2.54. The summed E-state index contributed by atoms with van der Waals surface area (Å²) in [7, 11) is 0. The summed E-state index contributed by atoms with van der Waals surface area (Å²) in [6, 6.07) is 6.30. The molecule has 0 fully saturated rings. The third-order valence-electron chi connectivity index (χ3n) is 3.58. The molecule has 1 aliphatic rings. The van der Waals surface area contributed by atoms with Crippen molar-refractivity contribution >= 4 is 5.97 Å². The van der Waals surface area contributed by atoms with Gasteiger partial charge in [0.05, 0.1) is 11.6 Å². The summed E-state index contributed by atoms with van der Waals surface area (Å²) in [4.78, 5) is 15.4. The first kappa shape index (κ1) is 12.8. The Balaban J connectivity index is 1.79. The van der Waals surface area contributed by atoms with Gasteiger partial charge in [0.1, 0.15) is 11.6 Å². The largest absolute Gasteiger partial charge is 0.481 e. The molecule has 1 aromatic heterocycles. The van der Waals surface area contributed by atoms with E-state index in [-0.39, 0.29) is 11.7 Å². The number of carbonyl (C=O) groups is 1. The number of hydrogen-bond donors (Lipinski definition) is 1. The van der Waals surface area contributed by atoms with E-state index < -0.39 is 5.97 Å². The molecular weight excluding hydrogens is 261 g/mol. The van der Waals surface area contributed by atoms with E-state index in [0.717, 1.165) is 17.0 Å². The molecule has 1 aliphatic carbocycles. The second-order valence-electron chi connectivity index (χ2n) is 5.06. The van der Waals surface area contributed by atoms with Crippen molar-refractivity contribution in [2.24, 2.45) is 5.92 Å². The average molecular weight is 275 g/mol. The molecule has 0 amide bonds. The van der Waals surface area contributed by atoms with Gasteiger partial charge in [0.2, 0.25) is 0 Å². The van der Waals surface area contributed by atoms with Crippen LogP contribution in [0.2, 0.25) is 0 Å². The van der Waals surface area contributed by atoms with E-state index >= 15 is 0 Å². The summed E-state index contributed by atoms with van der Waals surface area (Å²) in [5.74, 6) is -0.162. The summed E-state index contributed by atoms with van der Waals surface area (Å²) in [5.41, 5.74) is 1.52. The topological polar surface area (TPSA) is 63.3 Å². The van der Waals surface area contributed by atoms with Crippen LogP contribution in [0.5, 0.6) is 0 Å². The molecule has 1 unspecified atom stereocenters. The number of fused-ring (bicyclic) bond motifs is 1. The molecule has 3 rings (SSSR count). The normalized spacial score (nSPS) is 17.8. The summed E-state index contributed by atoms with van der Waals surface area (Å²) in [5, 5.41) is 9.04.